The van der Waals surface area contributed by atoms with Gasteiger partial charge in [0.15, 0.2) is 5.71 Å². The summed E-state index contributed by atoms with van der Waals surface area (Å²) in [6.45, 7) is 0. The molecule has 0 radical (unpaired) electrons. The maximum Gasteiger partial charge on any atom is 0.209 e. The Morgan fingerprint density at radius 2 is 2.38 bits per heavy atom. The van der Waals surface area contributed by atoms with E-state index in [2.05, 4.69) is 15.0 Å². The predicted octanol–water partition coefficient (Wildman–Crippen LogP) is 1.09. The van der Waals surface area contributed by atoms with Crippen LogP contribution in [0.1, 0.15) is 10.6 Å². The van der Waals surface area contributed by atoms with E-state index in [4.69, 9.17) is 0 Å². The molecule has 1 aliphatic rings. The van der Waals surface area contributed by atoms with Gasteiger partial charge in [-0.1, -0.05) is 5.16 Å². The van der Waals surface area contributed by atoms with Crippen LogP contribution in [0.15, 0.2) is 16.7 Å². The van der Waals surface area contributed by atoms with Gasteiger partial charge >= 0.3 is 0 Å². The second kappa shape index (κ2) is 3.10. The van der Waals surface area contributed by atoms with Crippen LogP contribution < -0.4 is 0 Å². The molecule has 1 aromatic heterocycles. The van der Waals surface area contributed by atoms with Gasteiger partial charge in [0.2, 0.25) is 5.78 Å². The summed E-state index contributed by atoms with van der Waals surface area (Å²) in [6.07, 6.45) is 3.13. The normalized spacial score (nSPS) is 17.6. The lowest BCUT2D eigenvalue weighted by Gasteiger charge is -2.03. The Labute approximate surface area is 78.5 Å². The third-order valence-corrected chi connectivity index (χ3v) is 2.47. The van der Waals surface area contributed by atoms with Gasteiger partial charge in [0.1, 0.15) is 7.11 Å². The molecular formula is C8H6N2O2S. The van der Waals surface area contributed by atoms with E-state index in [9.17, 15) is 4.79 Å². The Hall–Kier alpha value is -1.49. The van der Waals surface area contributed by atoms with Crippen LogP contribution in [0.3, 0.4) is 0 Å². The van der Waals surface area contributed by atoms with E-state index in [0.717, 1.165) is 10.6 Å². The number of aromatic nitrogens is 1. The molecule has 1 aromatic rings. The Morgan fingerprint density at radius 3 is 3.15 bits per heavy atom. The first-order valence-electron chi connectivity index (χ1n) is 3.60. The molecule has 66 valence electrons. The highest BCUT2D eigenvalue weighted by atomic mass is 32.1. The quantitative estimate of drug-likeness (QED) is 0.629. The number of rotatable bonds is 1. The maximum atomic E-state index is 11.3. The Bertz CT molecular complexity index is 406. The Morgan fingerprint density at radius 1 is 1.54 bits per heavy atom. The lowest BCUT2D eigenvalue weighted by atomic mass is 10.1. The van der Waals surface area contributed by atoms with Crippen LogP contribution >= 0.6 is 11.3 Å². The van der Waals surface area contributed by atoms with Crippen LogP contribution in [0.2, 0.25) is 0 Å². The van der Waals surface area contributed by atoms with E-state index >= 15 is 0 Å². The average molecular weight is 194 g/mol. The van der Waals surface area contributed by atoms with Crippen molar-refractivity contribution in [2.24, 2.45) is 5.16 Å². The smallest absolute Gasteiger partial charge is 0.209 e. The van der Waals surface area contributed by atoms with Crippen molar-refractivity contribution >= 4 is 28.9 Å². The number of hydrogen-bond acceptors (Lipinski definition) is 5. The summed E-state index contributed by atoms with van der Waals surface area (Å²) >= 11 is 1.38. The van der Waals surface area contributed by atoms with Gasteiger partial charge in [-0.3, -0.25) is 4.79 Å². The zero-order chi connectivity index (χ0) is 9.26. The fourth-order valence-electron chi connectivity index (χ4n) is 1.07. The zero-order valence-corrected chi connectivity index (χ0v) is 7.67. The fourth-order valence-corrected chi connectivity index (χ4v) is 1.84. The average Bonchev–Trinajstić information content (AvgIpc) is 2.58. The zero-order valence-electron chi connectivity index (χ0n) is 6.85. The van der Waals surface area contributed by atoms with Crippen molar-refractivity contribution in [2.45, 2.75) is 0 Å². The highest BCUT2D eigenvalue weighted by Crippen LogP contribution is 2.20. The van der Waals surface area contributed by atoms with Gasteiger partial charge in [0.25, 0.3) is 0 Å². The second-order valence-electron chi connectivity index (χ2n) is 2.39. The molecule has 0 unspecified atom stereocenters. The van der Waals surface area contributed by atoms with Crippen LogP contribution in [0.25, 0.3) is 6.08 Å². The summed E-state index contributed by atoms with van der Waals surface area (Å²) in [5.41, 5.74) is 2.79. The van der Waals surface area contributed by atoms with E-state index in [-0.39, 0.29) is 5.78 Å². The van der Waals surface area contributed by atoms with Gasteiger partial charge in [-0.25, -0.2) is 4.98 Å². The first-order chi connectivity index (χ1) is 6.33. The second-order valence-corrected chi connectivity index (χ2v) is 3.24. The van der Waals surface area contributed by atoms with Crippen molar-refractivity contribution in [3.63, 3.8) is 0 Å². The number of carbonyl (C=O) groups excluding carboxylic acids is 1. The van der Waals surface area contributed by atoms with Gasteiger partial charge in [-0.2, -0.15) is 0 Å². The molecule has 0 aliphatic heterocycles. The SMILES string of the molecule is CO/N=C1\C(=O)C=Cc2ncsc21. The standard InChI is InChI=1S/C8H6N2O2S/c1-12-10-7-6(11)3-2-5-8(7)13-4-9-5/h2-4H,1H3/b10-7+. The third kappa shape index (κ3) is 1.27. The summed E-state index contributed by atoms with van der Waals surface area (Å²) < 4.78 is 0. The molecule has 4 nitrogen and oxygen atoms in total. The van der Waals surface area contributed by atoms with Gasteiger partial charge in [-0.15, -0.1) is 11.3 Å². The molecule has 0 aromatic carbocycles. The molecule has 0 bridgehead atoms. The van der Waals surface area contributed by atoms with E-state index < -0.39 is 0 Å². The molecule has 0 saturated heterocycles. The van der Waals surface area contributed by atoms with Crippen LogP contribution in [-0.4, -0.2) is 23.6 Å². The minimum Gasteiger partial charge on any atom is -0.399 e. The van der Waals surface area contributed by atoms with Crippen molar-refractivity contribution in [1.29, 1.82) is 0 Å². The first-order valence-corrected chi connectivity index (χ1v) is 4.48. The third-order valence-electron chi connectivity index (χ3n) is 1.62. The molecule has 5 heteroatoms. The number of carbonyl (C=O) groups is 1. The summed E-state index contributed by atoms with van der Waals surface area (Å²) in [6, 6.07) is 0. The summed E-state index contributed by atoms with van der Waals surface area (Å²) in [4.78, 5) is 20.8. The molecule has 0 N–H and O–H groups in total. The van der Waals surface area contributed by atoms with Gasteiger partial charge in [-0.05, 0) is 12.2 Å². The molecular weight excluding hydrogens is 188 g/mol. The highest BCUT2D eigenvalue weighted by Gasteiger charge is 2.21. The van der Waals surface area contributed by atoms with E-state index in [1.807, 2.05) is 0 Å². The minimum absolute atomic E-state index is 0.140. The van der Waals surface area contributed by atoms with Gasteiger partial charge in [0.05, 0.1) is 16.1 Å². The lowest BCUT2D eigenvalue weighted by molar-refractivity contribution is -0.108. The van der Waals surface area contributed by atoms with Crippen molar-refractivity contribution in [3.8, 4) is 0 Å². The van der Waals surface area contributed by atoms with Crippen molar-refractivity contribution < 1.29 is 9.63 Å². The number of oxime groups is 1. The van der Waals surface area contributed by atoms with Crippen LogP contribution in [0.4, 0.5) is 0 Å². The Balaban J connectivity index is 2.55. The monoisotopic (exact) mass is 194 g/mol. The van der Waals surface area contributed by atoms with Crippen LogP contribution in [0, 0.1) is 0 Å². The molecule has 0 saturated carbocycles. The number of nitrogens with zero attached hydrogens (tertiary/aromatic N) is 2. The molecule has 13 heavy (non-hydrogen) atoms. The maximum absolute atomic E-state index is 11.3. The molecule has 0 fully saturated rings. The van der Waals surface area contributed by atoms with E-state index in [0.29, 0.717) is 5.71 Å². The molecule has 1 heterocycles. The fraction of sp³-hybridized carbons (Fsp3) is 0.125. The van der Waals surface area contributed by atoms with Gasteiger partial charge < -0.3 is 4.84 Å². The number of hydrogen-bond donors (Lipinski definition) is 0. The van der Waals surface area contributed by atoms with Crippen LogP contribution in [0.5, 0.6) is 0 Å². The minimum atomic E-state index is -0.140. The number of thiazole rings is 1. The topological polar surface area (TPSA) is 51.5 Å². The molecule has 1 aliphatic carbocycles. The largest absolute Gasteiger partial charge is 0.399 e. The lowest BCUT2D eigenvalue weighted by Crippen LogP contribution is -2.16. The summed E-state index contributed by atoms with van der Waals surface area (Å²) in [7, 11) is 1.42. The molecule has 0 atom stereocenters. The number of fused-ring (bicyclic) bond motifs is 1. The summed E-state index contributed by atoms with van der Waals surface area (Å²) in [5.74, 6) is -0.140. The molecule has 2 rings (SSSR count). The first kappa shape index (κ1) is 8.12. The molecule has 0 amide bonds. The number of ketones is 1. The Kier molecular flexibility index (Phi) is 1.94. The van der Waals surface area contributed by atoms with E-state index in [1.165, 1.54) is 24.5 Å². The van der Waals surface area contributed by atoms with Crippen molar-refractivity contribution in [3.05, 3.63) is 22.2 Å². The summed E-state index contributed by atoms with van der Waals surface area (Å²) in [5, 5.41) is 3.66. The highest BCUT2D eigenvalue weighted by molar-refractivity contribution is 7.13. The van der Waals surface area contributed by atoms with E-state index in [1.54, 1.807) is 11.6 Å². The van der Waals surface area contributed by atoms with Gasteiger partial charge in [0, 0.05) is 0 Å². The van der Waals surface area contributed by atoms with Crippen molar-refractivity contribution in [2.75, 3.05) is 7.11 Å². The molecule has 0 spiro atoms. The van der Waals surface area contributed by atoms with Crippen LogP contribution in [-0.2, 0) is 9.63 Å². The van der Waals surface area contributed by atoms with Crippen molar-refractivity contribution in [1.82, 2.24) is 4.98 Å². The predicted molar refractivity (Wildman–Crippen MR) is 49.7 cm³/mol. The number of allylic oxidation sites excluding steroid dienone is 1.